The molecule has 1 fully saturated rings. The monoisotopic (exact) mass is 330 g/mol. The zero-order valence-electron chi connectivity index (χ0n) is 12.5. The maximum absolute atomic E-state index is 12.7. The van der Waals surface area contributed by atoms with Gasteiger partial charge in [-0.05, 0) is 43.4 Å². The fraction of sp³-hybridized carbons (Fsp3) is 0.600. The highest BCUT2D eigenvalue weighted by atomic mass is 35.5. The highest BCUT2D eigenvalue weighted by Crippen LogP contribution is 2.28. The molecule has 6 heteroatoms. The third kappa shape index (κ3) is 3.90. The molecule has 118 valence electrons. The lowest BCUT2D eigenvalue weighted by Crippen LogP contribution is -2.39. The van der Waals surface area contributed by atoms with Crippen molar-refractivity contribution in [3.63, 3.8) is 0 Å². The molecule has 1 aromatic carbocycles. The Morgan fingerprint density at radius 2 is 1.90 bits per heavy atom. The van der Waals surface area contributed by atoms with E-state index in [9.17, 15) is 8.42 Å². The van der Waals surface area contributed by atoms with Crippen molar-refractivity contribution in [2.45, 2.75) is 56.9 Å². The van der Waals surface area contributed by atoms with Crippen LogP contribution in [0.1, 0.15) is 44.6 Å². The summed E-state index contributed by atoms with van der Waals surface area (Å²) in [6.07, 6.45) is 5.35. The van der Waals surface area contributed by atoms with E-state index in [1.54, 1.807) is 13.0 Å². The smallest absolute Gasteiger partial charge is 0.241 e. The van der Waals surface area contributed by atoms with Crippen molar-refractivity contribution in [2.24, 2.45) is 5.92 Å². The van der Waals surface area contributed by atoms with Crippen molar-refractivity contribution in [2.75, 3.05) is 5.73 Å². The van der Waals surface area contributed by atoms with E-state index in [0.29, 0.717) is 22.2 Å². The van der Waals surface area contributed by atoms with Gasteiger partial charge < -0.3 is 5.73 Å². The molecule has 0 saturated heterocycles. The molecule has 0 heterocycles. The minimum atomic E-state index is -3.60. The molecule has 1 aliphatic carbocycles. The summed E-state index contributed by atoms with van der Waals surface area (Å²) in [6.45, 7) is 3.81. The van der Waals surface area contributed by atoms with Crippen molar-refractivity contribution in [3.8, 4) is 0 Å². The van der Waals surface area contributed by atoms with E-state index in [4.69, 9.17) is 17.3 Å². The number of sulfonamides is 1. The molecule has 4 nitrogen and oxygen atoms in total. The minimum absolute atomic E-state index is 0.0166. The molecule has 1 saturated carbocycles. The van der Waals surface area contributed by atoms with Gasteiger partial charge >= 0.3 is 0 Å². The molecule has 21 heavy (non-hydrogen) atoms. The molecule has 3 N–H and O–H groups in total. The predicted molar refractivity (Wildman–Crippen MR) is 87.0 cm³/mol. The van der Waals surface area contributed by atoms with Crippen molar-refractivity contribution in [3.05, 3.63) is 22.7 Å². The maximum Gasteiger partial charge on any atom is 0.241 e. The van der Waals surface area contributed by atoms with Gasteiger partial charge in [-0.3, -0.25) is 0 Å². The Morgan fingerprint density at radius 3 is 2.62 bits per heavy atom. The quantitative estimate of drug-likeness (QED) is 0.658. The van der Waals surface area contributed by atoms with Crippen LogP contribution >= 0.6 is 11.6 Å². The summed E-state index contributed by atoms with van der Waals surface area (Å²) >= 11 is 5.95. The van der Waals surface area contributed by atoms with Crippen LogP contribution in [0.2, 0.25) is 5.02 Å². The molecule has 0 radical (unpaired) electrons. The summed E-state index contributed by atoms with van der Waals surface area (Å²) in [4.78, 5) is 0.184. The first-order valence-electron chi connectivity index (χ1n) is 7.39. The molecule has 0 spiro atoms. The van der Waals surface area contributed by atoms with Crippen LogP contribution in [0, 0.1) is 12.8 Å². The molecule has 2 atom stereocenters. The highest BCUT2D eigenvalue weighted by Gasteiger charge is 2.27. The molecule has 1 aliphatic rings. The fourth-order valence-electron chi connectivity index (χ4n) is 2.88. The average molecular weight is 331 g/mol. The van der Waals surface area contributed by atoms with Crippen LogP contribution in [0.5, 0.6) is 0 Å². The second kappa shape index (κ2) is 6.55. The Balaban J connectivity index is 2.30. The highest BCUT2D eigenvalue weighted by molar-refractivity contribution is 7.89. The van der Waals surface area contributed by atoms with Gasteiger partial charge in [-0.2, -0.15) is 0 Å². The van der Waals surface area contributed by atoms with Crippen LogP contribution in [0.3, 0.4) is 0 Å². The van der Waals surface area contributed by atoms with Crippen molar-refractivity contribution >= 4 is 27.3 Å². The van der Waals surface area contributed by atoms with Gasteiger partial charge in [-0.15, -0.1) is 0 Å². The first kappa shape index (κ1) is 16.6. The van der Waals surface area contributed by atoms with E-state index in [1.807, 2.05) is 0 Å². The lowest BCUT2D eigenvalue weighted by atomic mass is 9.98. The number of benzene rings is 1. The van der Waals surface area contributed by atoms with E-state index >= 15 is 0 Å². The number of halogens is 1. The molecule has 0 aliphatic heterocycles. The van der Waals surface area contributed by atoms with Gasteiger partial charge in [-0.25, -0.2) is 13.1 Å². The lowest BCUT2D eigenvalue weighted by Gasteiger charge is -2.23. The molecule has 1 aromatic rings. The summed E-state index contributed by atoms with van der Waals surface area (Å²) < 4.78 is 28.2. The molecular formula is C15H23ClN2O2S. The Kier molecular flexibility index (Phi) is 5.17. The number of nitrogens with one attached hydrogen (secondary N) is 1. The summed E-state index contributed by atoms with van der Waals surface area (Å²) in [5.41, 5.74) is 6.78. The molecule has 0 amide bonds. The standard InChI is InChI=1S/C15H23ClN2O2S/c1-10-6-4-3-5-7-14(10)18-21(19,20)15-9-12(16)8-13(17)11(15)2/h8-10,14,18H,3-7,17H2,1-2H3. The number of anilines is 1. The number of rotatable bonds is 3. The number of hydrogen-bond acceptors (Lipinski definition) is 3. The van der Waals surface area contributed by atoms with Gasteiger partial charge in [-0.1, -0.05) is 37.8 Å². The zero-order valence-corrected chi connectivity index (χ0v) is 14.1. The number of nitrogens with two attached hydrogens (primary N) is 1. The van der Waals surface area contributed by atoms with E-state index in [-0.39, 0.29) is 10.9 Å². The van der Waals surface area contributed by atoms with Crippen LogP contribution in [0.4, 0.5) is 5.69 Å². The third-order valence-corrected chi connectivity index (χ3v) is 6.16. The van der Waals surface area contributed by atoms with Crippen molar-refractivity contribution < 1.29 is 8.42 Å². The molecular weight excluding hydrogens is 308 g/mol. The van der Waals surface area contributed by atoms with Gasteiger partial charge in [0.05, 0.1) is 4.90 Å². The van der Waals surface area contributed by atoms with Gasteiger partial charge in [0.2, 0.25) is 10.0 Å². The summed E-state index contributed by atoms with van der Waals surface area (Å²) in [5, 5.41) is 0.340. The second-order valence-corrected chi connectivity index (χ2v) is 8.08. The van der Waals surface area contributed by atoms with Crippen LogP contribution in [-0.4, -0.2) is 14.5 Å². The van der Waals surface area contributed by atoms with Crippen molar-refractivity contribution in [1.29, 1.82) is 0 Å². The first-order chi connectivity index (χ1) is 9.81. The van der Waals surface area contributed by atoms with E-state index in [1.165, 1.54) is 18.9 Å². The topological polar surface area (TPSA) is 72.2 Å². The zero-order chi connectivity index (χ0) is 15.6. The van der Waals surface area contributed by atoms with Gasteiger partial charge in [0, 0.05) is 16.8 Å². The lowest BCUT2D eigenvalue weighted by molar-refractivity contribution is 0.399. The summed E-state index contributed by atoms with van der Waals surface area (Å²) in [7, 11) is -3.60. The Hall–Kier alpha value is -0.780. The van der Waals surface area contributed by atoms with Crippen LogP contribution in [0.25, 0.3) is 0 Å². The molecule has 2 unspecified atom stereocenters. The fourth-order valence-corrected chi connectivity index (χ4v) is 4.85. The van der Waals surface area contributed by atoms with Crippen LogP contribution in [-0.2, 0) is 10.0 Å². The maximum atomic E-state index is 12.7. The van der Waals surface area contributed by atoms with Gasteiger partial charge in [0.15, 0.2) is 0 Å². The SMILES string of the molecule is Cc1c(N)cc(Cl)cc1S(=O)(=O)NC1CCCCCC1C. The Morgan fingerprint density at radius 1 is 1.24 bits per heavy atom. The summed E-state index contributed by atoms with van der Waals surface area (Å²) in [5.74, 6) is 0.346. The van der Waals surface area contributed by atoms with E-state index < -0.39 is 10.0 Å². The number of nitrogen functional groups attached to an aromatic ring is 1. The Bertz CT molecular complexity index is 616. The average Bonchev–Trinajstić information content (AvgIpc) is 2.59. The predicted octanol–water partition coefficient (Wildman–Crippen LogP) is 3.48. The normalized spacial score (nSPS) is 23.8. The van der Waals surface area contributed by atoms with Crippen molar-refractivity contribution in [1.82, 2.24) is 4.72 Å². The van der Waals surface area contributed by atoms with Gasteiger partial charge in [0.1, 0.15) is 0 Å². The molecule has 2 rings (SSSR count). The second-order valence-electron chi connectivity index (χ2n) is 5.96. The van der Waals surface area contributed by atoms with E-state index in [0.717, 1.165) is 19.3 Å². The van der Waals surface area contributed by atoms with E-state index in [2.05, 4.69) is 11.6 Å². The molecule has 0 bridgehead atoms. The Labute approximate surface area is 132 Å². The van der Waals surface area contributed by atoms with Crippen LogP contribution in [0.15, 0.2) is 17.0 Å². The minimum Gasteiger partial charge on any atom is -0.398 e. The molecule has 0 aromatic heterocycles. The summed E-state index contributed by atoms with van der Waals surface area (Å²) in [6, 6.07) is 3.03. The largest absolute Gasteiger partial charge is 0.398 e. The van der Waals surface area contributed by atoms with Gasteiger partial charge in [0.25, 0.3) is 0 Å². The third-order valence-electron chi connectivity index (χ3n) is 4.32. The van der Waals surface area contributed by atoms with Crippen LogP contribution < -0.4 is 10.5 Å². The number of hydrogen-bond donors (Lipinski definition) is 2. The first-order valence-corrected chi connectivity index (χ1v) is 9.25.